The summed E-state index contributed by atoms with van der Waals surface area (Å²) in [5.41, 5.74) is 2.40. The topological polar surface area (TPSA) is 29.9 Å². The highest BCUT2D eigenvalue weighted by molar-refractivity contribution is 7.07. The van der Waals surface area contributed by atoms with Gasteiger partial charge in [0.1, 0.15) is 0 Å². The molecule has 0 atom stereocenters. The monoisotopic (exact) mass is 221 g/mol. The first kappa shape index (κ1) is 10.2. The zero-order chi connectivity index (χ0) is 10.7. The lowest BCUT2D eigenvalue weighted by Crippen LogP contribution is -2.00. The average molecular weight is 221 g/mol. The normalized spacial score (nSPS) is 10.9. The molecule has 0 aliphatic rings. The minimum Gasteiger partial charge on any atom is -0.378 e. The molecule has 3 nitrogen and oxygen atoms in total. The van der Waals surface area contributed by atoms with E-state index in [0.29, 0.717) is 6.04 Å². The van der Waals surface area contributed by atoms with Gasteiger partial charge >= 0.3 is 0 Å². The summed E-state index contributed by atoms with van der Waals surface area (Å²) in [6.45, 7) is 5.11. The SMILES string of the molecule is CC(C)n1cc(NCc2ccsc2)cn1. The van der Waals surface area contributed by atoms with Crippen molar-refractivity contribution in [1.82, 2.24) is 9.78 Å². The summed E-state index contributed by atoms with van der Waals surface area (Å²) in [7, 11) is 0. The second-order valence-electron chi connectivity index (χ2n) is 3.79. The van der Waals surface area contributed by atoms with Gasteiger partial charge in [0.05, 0.1) is 11.9 Å². The molecule has 0 fully saturated rings. The van der Waals surface area contributed by atoms with Crippen LogP contribution in [0.15, 0.2) is 29.2 Å². The third-order valence-corrected chi connectivity index (χ3v) is 2.94. The summed E-state index contributed by atoms with van der Waals surface area (Å²) in [5, 5.41) is 11.9. The van der Waals surface area contributed by atoms with Crippen molar-refractivity contribution in [2.24, 2.45) is 0 Å². The van der Waals surface area contributed by atoms with E-state index in [0.717, 1.165) is 12.2 Å². The van der Waals surface area contributed by atoms with Crippen LogP contribution in [0.2, 0.25) is 0 Å². The molecule has 0 aliphatic carbocycles. The summed E-state index contributed by atoms with van der Waals surface area (Å²) in [6, 6.07) is 2.55. The van der Waals surface area contributed by atoms with Gasteiger partial charge in [-0.2, -0.15) is 16.4 Å². The van der Waals surface area contributed by atoms with E-state index in [1.165, 1.54) is 5.56 Å². The lowest BCUT2D eigenvalue weighted by molar-refractivity contribution is 0.532. The Morgan fingerprint density at radius 1 is 1.53 bits per heavy atom. The van der Waals surface area contributed by atoms with E-state index >= 15 is 0 Å². The minimum atomic E-state index is 0.418. The summed E-state index contributed by atoms with van der Waals surface area (Å²) in [6.07, 6.45) is 3.91. The second-order valence-corrected chi connectivity index (χ2v) is 4.57. The van der Waals surface area contributed by atoms with Crippen LogP contribution in [-0.4, -0.2) is 9.78 Å². The maximum atomic E-state index is 4.27. The van der Waals surface area contributed by atoms with Crippen LogP contribution in [0.5, 0.6) is 0 Å². The van der Waals surface area contributed by atoms with E-state index in [2.05, 4.69) is 41.1 Å². The zero-order valence-corrected chi connectivity index (χ0v) is 9.79. The van der Waals surface area contributed by atoms with Crippen molar-refractivity contribution in [3.05, 3.63) is 34.8 Å². The van der Waals surface area contributed by atoms with Gasteiger partial charge in [0.25, 0.3) is 0 Å². The first-order valence-electron chi connectivity index (χ1n) is 5.05. The fourth-order valence-electron chi connectivity index (χ4n) is 1.31. The number of hydrogen-bond donors (Lipinski definition) is 1. The maximum absolute atomic E-state index is 4.27. The Kier molecular flexibility index (Phi) is 3.06. The Balaban J connectivity index is 1.94. The van der Waals surface area contributed by atoms with E-state index in [1.807, 2.05) is 17.1 Å². The molecule has 0 radical (unpaired) electrons. The minimum absolute atomic E-state index is 0.418. The molecule has 2 rings (SSSR count). The summed E-state index contributed by atoms with van der Waals surface area (Å²) >= 11 is 1.72. The lowest BCUT2D eigenvalue weighted by Gasteiger charge is -2.03. The Morgan fingerprint density at radius 2 is 2.40 bits per heavy atom. The number of hydrogen-bond acceptors (Lipinski definition) is 3. The fraction of sp³-hybridized carbons (Fsp3) is 0.364. The highest BCUT2D eigenvalue weighted by atomic mass is 32.1. The molecule has 80 valence electrons. The van der Waals surface area contributed by atoms with Crippen molar-refractivity contribution in [2.45, 2.75) is 26.4 Å². The molecule has 2 heterocycles. The number of rotatable bonds is 4. The van der Waals surface area contributed by atoms with Crippen molar-refractivity contribution in [1.29, 1.82) is 0 Å². The quantitative estimate of drug-likeness (QED) is 0.859. The van der Waals surface area contributed by atoms with Gasteiger partial charge in [-0.05, 0) is 36.2 Å². The highest BCUT2D eigenvalue weighted by Crippen LogP contribution is 2.12. The largest absolute Gasteiger partial charge is 0.378 e. The van der Waals surface area contributed by atoms with Crippen LogP contribution >= 0.6 is 11.3 Å². The molecule has 0 aliphatic heterocycles. The van der Waals surface area contributed by atoms with Crippen molar-refractivity contribution >= 4 is 17.0 Å². The number of thiophene rings is 1. The fourth-order valence-corrected chi connectivity index (χ4v) is 1.98. The van der Waals surface area contributed by atoms with E-state index in [-0.39, 0.29) is 0 Å². The predicted molar refractivity (Wildman–Crippen MR) is 64.3 cm³/mol. The van der Waals surface area contributed by atoms with Gasteiger partial charge < -0.3 is 5.32 Å². The first-order chi connectivity index (χ1) is 7.25. The van der Waals surface area contributed by atoms with Crippen LogP contribution in [-0.2, 0) is 6.54 Å². The highest BCUT2D eigenvalue weighted by Gasteiger charge is 2.01. The Morgan fingerprint density at radius 3 is 3.00 bits per heavy atom. The van der Waals surface area contributed by atoms with Gasteiger partial charge in [-0.1, -0.05) is 0 Å². The molecular weight excluding hydrogens is 206 g/mol. The molecule has 0 aromatic carbocycles. The van der Waals surface area contributed by atoms with Gasteiger partial charge in [0, 0.05) is 18.8 Å². The first-order valence-corrected chi connectivity index (χ1v) is 5.99. The number of aromatic nitrogens is 2. The van der Waals surface area contributed by atoms with Gasteiger partial charge in [0.2, 0.25) is 0 Å². The van der Waals surface area contributed by atoms with Gasteiger partial charge in [-0.15, -0.1) is 0 Å². The Bertz CT molecular complexity index is 403. The van der Waals surface area contributed by atoms with Crippen LogP contribution in [0.3, 0.4) is 0 Å². The number of nitrogens with zero attached hydrogens (tertiary/aromatic N) is 2. The zero-order valence-electron chi connectivity index (χ0n) is 8.97. The van der Waals surface area contributed by atoms with Crippen molar-refractivity contribution in [2.75, 3.05) is 5.32 Å². The van der Waals surface area contributed by atoms with E-state index in [1.54, 1.807) is 11.3 Å². The van der Waals surface area contributed by atoms with Crippen molar-refractivity contribution in [3.8, 4) is 0 Å². The van der Waals surface area contributed by atoms with Crippen molar-refractivity contribution < 1.29 is 0 Å². The second kappa shape index (κ2) is 4.49. The smallest absolute Gasteiger partial charge is 0.0729 e. The Labute approximate surface area is 93.7 Å². The summed E-state index contributed by atoms with van der Waals surface area (Å²) < 4.78 is 1.95. The van der Waals surface area contributed by atoms with Crippen LogP contribution in [0.1, 0.15) is 25.5 Å². The molecule has 1 N–H and O–H groups in total. The molecule has 15 heavy (non-hydrogen) atoms. The number of nitrogens with one attached hydrogen (secondary N) is 1. The summed E-state index contributed by atoms with van der Waals surface area (Å²) in [4.78, 5) is 0. The Hall–Kier alpha value is -1.29. The van der Waals surface area contributed by atoms with Crippen LogP contribution in [0.4, 0.5) is 5.69 Å². The van der Waals surface area contributed by atoms with Crippen LogP contribution in [0, 0.1) is 0 Å². The molecule has 2 aromatic heterocycles. The third kappa shape index (κ3) is 2.59. The van der Waals surface area contributed by atoms with Gasteiger partial charge in [-0.25, -0.2) is 0 Å². The molecule has 0 saturated heterocycles. The van der Waals surface area contributed by atoms with E-state index in [9.17, 15) is 0 Å². The van der Waals surface area contributed by atoms with Crippen molar-refractivity contribution in [3.63, 3.8) is 0 Å². The number of anilines is 1. The predicted octanol–water partition coefficient (Wildman–Crippen LogP) is 3.14. The third-order valence-electron chi connectivity index (χ3n) is 2.21. The lowest BCUT2D eigenvalue weighted by atomic mass is 10.3. The van der Waals surface area contributed by atoms with E-state index < -0.39 is 0 Å². The molecule has 2 aromatic rings. The summed E-state index contributed by atoms with van der Waals surface area (Å²) in [5.74, 6) is 0. The van der Waals surface area contributed by atoms with Crippen LogP contribution < -0.4 is 5.32 Å². The van der Waals surface area contributed by atoms with Gasteiger partial charge in [-0.3, -0.25) is 4.68 Å². The van der Waals surface area contributed by atoms with Gasteiger partial charge in [0.15, 0.2) is 0 Å². The maximum Gasteiger partial charge on any atom is 0.0729 e. The molecule has 0 saturated carbocycles. The molecular formula is C11H15N3S. The van der Waals surface area contributed by atoms with Crippen LogP contribution in [0.25, 0.3) is 0 Å². The molecule has 4 heteroatoms. The molecule has 0 amide bonds. The molecule has 0 bridgehead atoms. The standard InChI is InChI=1S/C11H15N3S/c1-9(2)14-7-11(6-13-14)12-5-10-3-4-15-8-10/h3-4,6-9,12H,5H2,1-2H3. The average Bonchev–Trinajstić information content (AvgIpc) is 2.86. The molecule has 0 spiro atoms. The molecule has 0 unspecified atom stereocenters. The van der Waals surface area contributed by atoms with E-state index in [4.69, 9.17) is 0 Å².